The fourth-order valence-electron chi connectivity index (χ4n) is 5.58. The Balaban J connectivity index is 2.08. The Morgan fingerprint density at radius 3 is 2.68 bits per heavy atom. The van der Waals surface area contributed by atoms with E-state index in [1.54, 1.807) is 6.92 Å². The van der Waals surface area contributed by atoms with Gasteiger partial charge < -0.3 is 14.6 Å². The minimum atomic E-state index is -1.42. The first-order valence-electron chi connectivity index (χ1n) is 10.3. The molecule has 7 unspecified atom stereocenters. The highest BCUT2D eigenvalue weighted by Crippen LogP contribution is 2.54. The van der Waals surface area contributed by atoms with Crippen LogP contribution >= 0.6 is 0 Å². The molecule has 2 aliphatic heterocycles. The molecular formula is C22H34O6. The van der Waals surface area contributed by atoms with E-state index in [1.807, 2.05) is 0 Å². The van der Waals surface area contributed by atoms with Crippen LogP contribution in [0.1, 0.15) is 53.9 Å². The van der Waals surface area contributed by atoms with Gasteiger partial charge in [-0.2, -0.15) is 0 Å². The van der Waals surface area contributed by atoms with Crippen LogP contribution in [0.4, 0.5) is 0 Å². The van der Waals surface area contributed by atoms with Gasteiger partial charge in [0, 0.05) is 25.2 Å². The van der Waals surface area contributed by atoms with Crippen LogP contribution in [-0.4, -0.2) is 46.3 Å². The number of allylic oxidation sites excluding steroid dienone is 1. The lowest BCUT2D eigenvalue weighted by Gasteiger charge is -2.45. The van der Waals surface area contributed by atoms with Crippen molar-refractivity contribution in [2.24, 2.45) is 23.7 Å². The van der Waals surface area contributed by atoms with Crippen LogP contribution in [0.5, 0.6) is 0 Å². The zero-order valence-electron chi connectivity index (χ0n) is 17.6. The summed E-state index contributed by atoms with van der Waals surface area (Å²) in [6.45, 7) is 13.6. The number of carbonyl (C=O) groups excluding carboxylic acids is 1. The standard InChI is InChI=1S/C22H34O6/c1-11(2)15-8-7-12(3)19-17-9-13(4)16(28-25)10-18(26-14(5)23)22(6,24)21(27-17)20(15)19/h7,11,15-21,24-25H,4,8-10H2,1-3,5-6H3/t15-,16?,17?,18?,19?,20?,21?,22?/m1/s1. The maximum atomic E-state index is 11.8. The van der Waals surface area contributed by atoms with E-state index in [-0.39, 0.29) is 24.4 Å². The Morgan fingerprint density at radius 2 is 2.11 bits per heavy atom. The van der Waals surface area contributed by atoms with Gasteiger partial charge in [0.25, 0.3) is 0 Å². The van der Waals surface area contributed by atoms with Crippen LogP contribution in [0.3, 0.4) is 0 Å². The average molecular weight is 395 g/mol. The molecule has 2 heterocycles. The van der Waals surface area contributed by atoms with Crippen molar-refractivity contribution in [3.05, 3.63) is 23.8 Å². The van der Waals surface area contributed by atoms with Crippen LogP contribution in [0.25, 0.3) is 0 Å². The quantitative estimate of drug-likeness (QED) is 0.330. The van der Waals surface area contributed by atoms with Gasteiger partial charge in [-0.25, -0.2) is 4.89 Å². The normalized spacial score (nSPS) is 43.6. The summed E-state index contributed by atoms with van der Waals surface area (Å²) in [6, 6.07) is 0. The monoisotopic (exact) mass is 394 g/mol. The summed E-state index contributed by atoms with van der Waals surface area (Å²) in [5.74, 6) is 0.598. The van der Waals surface area contributed by atoms with Crippen molar-refractivity contribution >= 4 is 5.97 Å². The minimum absolute atomic E-state index is 0.127. The van der Waals surface area contributed by atoms with Crippen molar-refractivity contribution in [3.63, 3.8) is 0 Å². The third kappa shape index (κ3) is 3.67. The molecule has 2 N–H and O–H groups in total. The molecule has 158 valence electrons. The number of esters is 1. The molecule has 6 heteroatoms. The molecule has 6 nitrogen and oxygen atoms in total. The number of hydrogen-bond donors (Lipinski definition) is 2. The topological polar surface area (TPSA) is 85.2 Å². The zero-order chi connectivity index (χ0) is 20.8. The van der Waals surface area contributed by atoms with Crippen molar-refractivity contribution in [2.75, 3.05) is 0 Å². The smallest absolute Gasteiger partial charge is 0.303 e. The van der Waals surface area contributed by atoms with Gasteiger partial charge in [0.2, 0.25) is 0 Å². The second kappa shape index (κ2) is 7.90. The van der Waals surface area contributed by atoms with Gasteiger partial charge in [0.1, 0.15) is 17.8 Å². The third-order valence-electron chi connectivity index (χ3n) is 7.08. The fourth-order valence-corrected chi connectivity index (χ4v) is 5.58. The van der Waals surface area contributed by atoms with Gasteiger partial charge in [0.15, 0.2) is 0 Å². The number of fused-ring (bicyclic) bond motifs is 5. The Morgan fingerprint density at radius 1 is 1.43 bits per heavy atom. The van der Waals surface area contributed by atoms with E-state index >= 15 is 0 Å². The van der Waals surface area contributed by atoms with Crippen LogP contribution < -0.4 is 0 Å². The van der Waals surface area contributed by atoms with Crippen molar-refractivity contribution in [1.29, 1.82) is 0 Å². The van der Waals surface area contributed by atoms with E-state index in [0.29, 0.717) is 23.8 Å². The van der Waals surface area contributed by atoms with Gasteiger partial charge in [0.05, 0.1) is 12.2 Å². The number of hydrogen-bond acceptors (Lipinski definition) is 6. The molecule has 2 saturated heterocycles. The van der Waals surface area contributed by atoms with E-state index in [9.17, 15) is 15.2 Å². The van der Waals surface area contributed by atoms with Crippen LogP contribution in [0.15, 0.2) is 23.8 Å². The predicted molar refractivity (Wildman–Crippen MR) is 104 cm³/mol. The third-order valence-corrected chi connectivity index (χ3v) is 7.08. The largest absolute Gasteiger partial charge is 0.459 e. The van der Waals surface area contributed by atoms with Crippen LogP contribution in [-0.2, 0) is 19.2 Å². The molecule has 0 amide bonds. The molecule has 0 aromatic heterocycles. The van der Waals surface area contributed by atoms with E-state index in [0.717, 1.165) is 6.42 Å². The Bertz CT molecular complexity index is 651. The van der Waals surface area contributed by atoms with Gasteiger partial charge in [-0.05, 0) is 44.1 Å². The molecule has 0 radical (unpaired) electrons. The summed E-state index contributed by atoms with van der Waals surface area (Å²) >= 11 is 0. The molecule has 2 fully saturated rings. The van der Waals surface area contributed by atoms with Crippen LogP contribution in [0.2, 0.25) is 0 Å². The lowest BCUT2D eigenvalue weighted by atomic mass is 9.62. The van der Waals surface area contributed by atoms with E-state index in [1.165, 1.54) is 12.5 Å². The van der Waals surface area contributed by atoms with Crippen molar-refractivity contribution in [2.45, 2.75) is 83.9 Å². The molecule has 0 aromatic rings. The highest BCUT2D eigenvalue weighted by Gasteiger charge is 2.59. The van der Waals surface area contributed by atoms with Gasteiger partial charge in [-0.15, -0.1) is 0 Å². The van der Waals surface area contributed by atoms with Crippen molar-refractivity contribution in [3.8, 4) is 0 Å². The molecule has 3 rings (SSSR count). The molecule has 0 spiro atoms. The first-order chi connectivity index (χ1) is 13.1. The lowest BCUT2D eigenvalue weighted by Crippen LogP contribution is -2.56. The number of carbonyl (C=O) groups is 1. The van der Waals surface area contributed by atoms with Gasteiger partial charge >= 0.3 is 5.97 Å². The summed E-state index contributed by atoms with van der Waals surface area (Å²) in [5.41, 5.74) is 0.528. The van der Waals surface area contributed by atoms with E-state index in [4.69, 9.17) is 9.47 Å². The van der Waals surface area contributed by atoms with Gasteiger partial charge in [-0.3, -0.25) is 10.1 Å². The fraction of sp³-hybridized carbons (Fsp3) is 0.773. The number of ether oxygens (including phenoxy) is 2. The molecule has 1 aliphatic carbocycles. The van der Waals surface area contributed by atoms with Crippen molar-refractivity contribution in [1.82, 2.24) is 0 Å². The Labute approximate surface area is 167 Å². The summed E-state index contributed by atoms with van der Waals surface area (Å²) in [4.78, 5) is 16.4. The summed E-state index contributed by atoms with van der Waals surface area (Å²) < 4.78 is 12.0. The SMILES string of the molecule is C=C1CC2OC(C3C2C(C)=CC[C@@H]3C(C)C)C(C)(O)C(OC(C)=O)CC1OO. The van der Waals surface area contributed by atoms with Crippen LogP contribution in [0, 0.1) is 23.7 Å². The first-order valence-corrected chi connectivity index (χ1v) is 10.3. The minimum Gasteiger partial charge on any atom is -0.459 e. The average Bonchev–Trinajstić information content (AvgIpc) is 2.99. The van der Waals surface area contributed by atoms with Crippen molar-refractivity contribution < 1.29 is 29.5 Å². The predicted octanol–water partition coefficient (Wildman–Crippen LogP) is 3.50. The summed E-state index contributed by atoms with van der Waals surface area (Å²) in [7, 11) is 0. The maximum Gasteiger partial charge on any atom is 0.303 e. The van der Waals surface area contributed by atoms with E-state index < -0.39 is 29.9 Å². The second-order valence-corrected chi connectivity index (χ2v) is 9.31. The highest BCUT2D eigenvalue weighted by atomic mass is 17.1. The molecule has 0 aromatic carbocycles. The number of aliphatic hydroxyl groups is 1. The zero-order valence-corrected chi connectivity index (χ0v) is 17.6. The molecule has 8 atom stereocenters. The Hall–Kier alpha value is -1.21. The molecule has 2 bridgehead atoms. The molecule has 0 saturated carbocycles. The second-order valence-electron chi connectivity index (χ2n) is 9.31. The summed E-state index contributed by atoms with van der Waals surface area (Å²) in [6.07, 6.45) is 1.67. The summed E-state index contributed by atoms with van der Waals surface area (Å²) in [5, 5.41) is 21.1. The Kier molecular flexibility index (Phi) is 6.07. The van der Waals surface area contributed by atoms with Gasteiger partial charge in [-0.1, -0.05) is 32.1 Å². The maximum absolute atomic E-state index is 11.8. The van der Waals surface area contributed by atoms with E-state index in [2.05, 4.69) is 38.3 Å². The lowest BCUT2D eigenvalue weighted by molar-refractivity contribution is -0.278. The molecule has 3 aliphatic rings. The molecular weight excluding hydrogens is 360 g/mol. The first kappa shape index (κ1) is 21.5. The highest BCUT2D eigenvalue weighted by molar-refractivity contribution is 5.66. The molecule has 28 heavy (non-hydrogen) atoms. The number of rotatable bonds is 3.